The third-order valence-corrected chi connectivity index (χ3v) is 7.49. The van der Waals surface area contributed by atoms with Gasteiger partial charge < -0.3 is 10.1 Å². The third-order valence-electron chi connectivity index (χ3n) is 5.18. The summed E-state index contributed by atoms with van der Waals surface area (Å²) in [4.78, 5) is 13.0. The second kappa shape index (κ2) is 11.0. The summed E-state index contributed by atoms with van der Waals surface area (Å²) < 4.78 is 34.7. The van der Waals surface area contributed by atoms with Crippen LogP contribution < -0.4 is 10.1 Å². The number of carbonyl (C=O) groups is 1. The van der Waals surface area contributed by atoms with Gasteiger partial charge in [-0.25, -0.2) is 8.42 Å². The monoisotopic (exact) mass is 530 g/mol. The fourth-order valence-electron chi connectivity index (χ4n) is 3.44. The van der Waals surface area contributed by atoms with E-state index in [1.807, 2.05) is 68.4 Å². The molecule has 0 saturated heterocycles. The molecular weight excluding hydrogens is 504 g/mol. The number of halogens is 1. The van der Waals surface area contributed by atoms with Crippen LogP contribution in [0.5, 0.6) is 5.75 Å². The van der Waals surface area contributed by atoms with Crippen molar-refractivity contribution >= 4 is 31.9 Å². The van der Waals surface area contributed by atoms with Gasteiger partial charge in [0.25, 0.3) is 0 Å². The number of amides is 1. The zero-order valence-electron chi connectivity index (χ0n) is 18.8. The number of nitrogens with one attached hydrogen (secondary N) is 1. The number of carbonyl (C=O) groups excluding carboxylic acids is 1. The molecule has 0 aliphatic heterocycles. The van der Waals surface area contributed by atoms with Crippen LogP contribution in [0, 0.1) is 6.92 Å². The fourth-order valence-corrected chi connectivity index (χ4v) is 5.49. The summed E-state index contributed by atoms with van der Waals surface area (Å²) in [6, 6.07) is 21.5. The Kier molecular flexibility index (Phi) is 8.29. The van der Waals surface area contributed by atoms with Crippen molar-refractivity contribution in [1.29, 1.82) is 0 Å². The topological polar surface area (TPSA) is 75.7 Å². The highest BCUT2D eigenvalue weighted by Gasteiger charge is 2.30. The van der Waals surface area contributed by atoms with Crippen LogP contribution in [0.25, 0.3) is 0 Å². The number of rotatable bonds is 9. The molecule has 1 unspecified atom stereocenters. The van der Waals surface area contributed by atoms with E-state index in [2.05, 4.69) is 21.2 Å². The SMILES string of the molecule is COc1ccc(C)cc1S(=O)(=O)N(CC(=O)NC(C)c1cccc(Br)c1)Cc1ccccc1. The van der Waals surface area contributed by atoms with Crippen LogP contribution >= 0.6 is 15.9 Å². The predicted molar refractivity (Wildman–Crippen MR) is 132 cm³/mol. The van der Waals surface area contributed by atoms with E-state index in [1.54, 1.807) is 18.2 Å². The van der Waals surface area contributed by atoms with Gasteiger partial charge >= 0.3 is 0 Å². The first-order chi connectivity index (χ1) is 15.7. The number of aryl methyl sites for hydroxylation is 1. The highest BCUT2D eigenvalue weighted by atomic mass is 79.9. The van der Waals surface area contributed by atoms with Crippen molar-refractivity contribution in [2.45, 2.75) is 31.3 Å². The van der Waals surface area contributed by atoms with Gasteiger partial charge in [-0.05, 0) is 54.8 Å². The first-order valence-electron chi connectivity index (χ1n) is 10.4. The van der Waals surface area contributed by atoms with Gasteiger partial charge in [0, 0.05) is 11.0 Å². The Morgan fingerprint density at radius 1 is 1.06 bits per heavy atom. The van der Waals surface area contributed by atoms with Gasteiger partial charge in [0.2, 0.25) is 15.9 Å². The third kappa shape index (κ3) is 6.43. The lowest BCUT2D eigenvalue weighted by molar-refractivity contribution is -0.122. The molecule has 1 atom stereocenters. The van der Waals surface area contributed by atoms with Crippen molar-refractivity contribution in [2.24, 2.45) is 0 Å². The van der Waals surface area contributed by atoms with E-state index in [0.717, 1.165) is 21.2 Å². The van der Waals surface area contributed by atoms with Gasteiger partial charge in [0.05, 0.1) is 19.7 Å². The van der Waals surface area contributed by atoms with Crippen molar-refractivity contribution < 1.29 is 17.9 Å². The molecule has 3 rings (SSSR count). The van der Waals surface area contributed by atoms with Crippen LogP contribution in [0.1, 0.15) is 29.7 Å². The standard InChI is InChI=1S/C25H27BrN2O4S/c1-18-12-13-23(32-3)24(14-18)33(30,31)28(16-20-8-5-4-6-9-20)17-25(29)27-19(2)21-10-7-11-22(26)15-21/h4-15,19H,16-17H2,1-3H3,(H,27,29). The van der Waals surface area contributed by atoms with Crippen molar-refractivity contribution in [3.63, 3.8) is 0 Å². The van der Waals surface area contributed by atoms with Crippen molar-refractivity contribution in [3.05, 3.63) is 94.0 Å². The molecule has 0 fully saturated rings. The Labute approximate surface area is 203 Å². The molecule has 0 aliphatic carbocycles. The second-order valence-electron chi connectivity index (χ2n) is 7.76. The Balaban J connectivity index is 1.90. The summed E-state index contributed by atoms with van der Waals surface area (Å²) in [6.07, 6.45) is 0. The lowest BCUT2D eigenvalue weighted by atomic mass is 10.1. The van der Waals surface area contributed by atoms with Crippen molar-refractivity contribution in [1.82, 2.24) is 9.62 Å². The molecule has 0 radical (unpaired) electrons. The normalized spacial score (nSPS) is 12.4. The van der Waals surface area contributed by atoms with Gasteiger partial charge in [-0.2, -0.15) is 4.31 Å². The smallest absolute Gasteiger partial charge is 0.247 e. The summed E-state index contributed by atoms with van der Waals surface area (Å²) in [7, 11) is -2.60. The zero-order valence-corrected chi connectivity index (χ0v) is 21.2. The Hall–Kier alpha value is -2.68. The first-order valence-corrected chi connectivity index (χ1v) is 12.7. The average Bonchev–Trinajstić information content (AvgIpc) is 2.79. The molecular formula is C25H27BrN2O4S. The van der Waals surface area contributed by atoms with E-state index in [9.17, 15) is 13.2 Å². The van der Waals surface area contributed by atoms with E-state index in [0.29, 0.717) is 0 Å². The lowest BCUT2D eigenvalue weighted by Gasteiger charge is -2.24. The lowest BCUT2D eigenvalue weighted by Crippen LogP contribution is -2.41. The molecule has 0 aromatic heterocycles. The highest BCUT2D eigenvalue weighted by Crippen LogP contribution is 2.29. The summed E-state index contributed by atoms with van der Waals surface area (Å²) in [5.41, 5.74) is 2.47. The fraction of sp³-hybridized carbons (Fsp3) is 0.240. The molecule has 6 nitrogen and oxygen atoms in total. The molecule has 1 amide bonds. The largest absolute Gasteiger partial charge is 0.495 e. The number of benzene rings is 3. The molecule has 0 spiro atoms. The van der Waals surface area contributed by atoms with Gasteiger partial charge in [-0.1, -0.05) is 64.5 Å². The number of ether oxygens (including phenoxy) is 1. The van der Waals surface area contributed by atoms with Crippen LogP contribution in [0.3, 0.4) is 0 Å². The summed E-state index contributed by atoms with van der Waals surface area (Å²) in [6.45, 7) is 3.40. The number of sulfonamides is 1. The Morgan fingerprint density at radius 3 is 2.45 bits per heavy atom. The molecule has 0 aliphatic rings. The predicted octanol–water partition coefficient (Wildman–Crippen LogP) is 4.83. The van der Waals surface area contributed by atoms with E-state index in [-0.39, 0.29) is 29.8 Å². The number of hydrogen-bond acceptors (Lipinski definition) is 4. The molecule has 3 aromatic rings. The van der Waals surface area contributed by atoms with Crippen LogP contribution in [-0.2, 0) is 21.4 Å². The van der Waals surface area contributed by atoms with Crippen LogP contribution in [0.4, 0.5) is 0 Å². The molecule has 174 valence electrons. The molecule has 3 aromatic carbocycles. The molecule has 0 saturated carbocycles. The molecule has 0 bridgehead atoms. The van der Waals surface area contributed by atoms with Gasteiger partial charge in [-0.15, -0.1) is 0 Å². The maximum atomic E-state index is 13.7. The summed E-state index contributed by atoms with van der Waals surface area (Å²) >= 11 is 3.43. The minimum absolute atomic E-state index is 0.0359. The molecule has 33 heavy (non-hydrogen) atoms. The van der Waals surface area contributed by atoms with E-state index in [4.69, 9.17) is 4.74 Å². The van der Waals surface area contributed by atoms with Crippen LogP contribution in [-0.4, -0.2) is 32.3 Å². The van der Waals surface area contributed by atoms with Gasteiger partial charge in [0.1, 0.15) is 10.6 Å². The minimum atomic E-state index is -4.03. The first kappa shape index (κ1) is 25.0. The van der Waals surface area contributed by atoms with Gasteiger partial charge in [-0.3, -0.25) is 4.79 Å². The second-order valence-corrected chi connectivity index (χ2v) is 10.6. The molecule has 8 heteroatoms. The zero-order chi connectivity index (χ0) is 24.0. The van der Waals surface area contributed by atoms with Crippen molar-refractivity contribution in [3.8, 4) is 5.75 Å². The molecule has 1 N–H and O–H groups in total. The number of nitrogens with zero attached hydrogens (tertiary/aromatic N) is 1. The van der Waals surface area contributed by atoms with Gasteiger partial charge in [0.15, 0.2) is 0 Å². The van der Waals surface area contributed by atoms with Crippen molar-refractivity contribution in [2.75, 3.05) is 13.7 Å². The summed E-state index contributed by atoms with van der Waals surface area (Å²) in [5, 5.41) is 2.91. The highest BCUT2D eigenvalue weighted by molar-refractivity contribution is 9.10. The van der Waals surface area contributed by atoms with E-state index in [1.165, 1.54) is 11.4 Å². The Bertz CT molecular complexity index is 1220. The maximum absolute atomic E-state index is 13.7. The quantitative estimate of drug-likeness (QED) is 0.429. The minimum Gasteiger partial charge on any atom is -0.495 e. The van der Waals surface area contributed by atoms with Crippen LogP contribution in [0.2, 0.25) is 0 Å². The van der Waals surface area contributed by atoms with Crippen LogP contribution in [0.15, 0.2) is 82.2 Å². The Morgan fingerprint density at radius 2 is 1.79 bits per heavy atom. The van der Waals surface area contributed by atoms with E-state index < -0.39 is 15.9 Å². The maximum Gasteiger partial charge on any atom is 0.247 e. The number of methoxy groups -OCH3 is 1. The number of hydrogen-bond donors (Lipinski definition) is 1. The van der Waals surface area contributed by atoms with E-state index >= 15 is 0 Å². The average molecular weight is 531 g/mol. The summed E-state index contributed by atoms with van der Waals surface area (Å²) in [5.74, 6) is -0.157. The molecule has 0 heterocycles.